The summed E-state index contributed by atoms with van der Waals surface area (Å²) in [7, 11) is -13.8. The van der Waals surface area contributed by atoms with Gasteiger partial charge in [-0.25, -0.2) is 29.8 Å². The smallest absolute Gasteiger partial charge is 0.305 e. The van der Waals surface area contributed by atoms with Gasteiger partial charge in [-0.3, -0.25) is 4.79 Å². The molecule has 1 unspecified atom stereocenters. The van der Waals surface area contributed by atoms with E-state index in [0.717, 1.165) is 16.5 Å². The van der Waals surface area contributed by atoms with Crippen molar-refractivity contribution < 1.29 is 72.2 Å². The fourth-order valence-electron chi connectivity index (χ4n) is 6.98. The molecule has 21 heteroatoms. The van der Waals surface area contributed by atoms with Crippen LogP contribution in [0.15, 0.2) is 75.9 Å². The Labute approximate surface area is 356 Å². The number of carboxylic acid groups (broad SMARTS) is 1. The third-order valence-corrected chi connectivity index (χ3v) is 12.3. The van der Waals surface area contributed by atoms with Crippen molar-refractivity contribution in [3.63, 3.8) is 0 Å². The molecule has 3 aliphatic rings. The summed E-state index contributed by atoms with van der Waals surface area (Å²) in [5.41, 5.74) is 2.15. The van der Waals surface area contributed by atoms with Crippen molar-refractivity contribution in [3.8, 4) is 11.3 Å². The number of ether oxygens (including phenoxy) is 4. The molecule has 1 aromatic rings. The molecule has 338 valence electrons. The fraction of sp³-hybridized carbons (Fsp3) is 0.500. The first-order chi connectivity index (χ1) is 28.8. The first-order valence-corrected chi connectivity index (χ1v) is 24.1. The lowest BCUT2D eigenvalue weighted by molar-refractivity contribution is -0.138. The SMILES string of the molecule is CC[N+](CCCS(=O)(=O)[O-])=c1ccc2c(/C=C/C=C3/N(CCOCCOCCOCCOCCC(=O)O)c4ccc(S(=O)(=O)[O-])cc4C3(C)CCCS(=O)(=O)[O-])ccoc-2c1. The molecule has 1 N–H and O–H groups in total. The molecular formula is C40H52N2O16S3-2. The van der Waals surface area contributed by atoms with Gasteiger partial charge in [-0.1, -0.05) is 12.2 Å². The highest BCUT2D eigenvalue weighted by atomic mass is 32.2. The second-order valence-corrected chi connectivity index (χ2v) is 18.7. The van der Waals surface area contributed by atoms with Crippen LogP contribution in [0.5, 0.6) is 0 Å². The van der Waals surface area contributed by atoms with Crippen LogP contribution in [-0.4, -0.2) is 134 Å². The Morgan fingerprint density at radius 3 is 2.07 bits per heavy atom. The van der Waals surface area contributed by atoms with Gasteiger partial charge in [0.2, 0.25) is 5.36 Å². The van der Waals surface area contributed by atoms with E-state index in [1.807, 2.05) is 46.8 Å². The maximum atomic E-state index is 12.2. The number of anilines is 1. The van der Waals surface area contributed by atoms with Gasteiger partial charge in [-0.2, -0.15) is 0 Å². The highest BCUT2D eigenvalue weighted by molar-refractivity contribution is 7.86. The Bertz CT molecular complexity index is 2380. The number of fused-ring (bicyclic) bond motifs is 2. The van der Waals surface area contributed by atoms with Crippen LogP contribution in [-0.2, 0) is 59.5 Å². The van der Waals surface area contributed by atoms with E-state index in [4.69, 9.17) is 28.5 Å². The molecule has 0 saturated carbocycles. The lowest BCUT2D eigenvalue weighted by Crippen LogP contribution is -2.31. The summed E-state index contributed by atoms with van der Waals surface area (Å²) in [5.74, 6) is -1.52. The van der Waals surface area contributed by atoms with Gasteiger partial charge in [-0.15, -0.1) is 0 Å². The molecule has 18 nitrogen and oxygen atoms in total. The van der Waals surface area contributed by atoms with Crippen molar-refractivity contribution in [2.24, 2.45) is 0 Å². The zero-order chi connectivity index (χ0) is 44.7. The van der Waals surface area contributed by atoms with Crippen LogP contribution in [0.4, 0.5) is 5.69 Å². The van der Waals surface area contributed by atoms with Crippen LogP contribution in [0.2, 0.25) is 0 Å². The van der Waals surface area contributed by atoms with Crippen LogP contribution >= 0.6 is 0 Å². The second kappa shape index (κ2) is 22.9. The molecule has 0 saturated heterocycles. The molecular weight excluding hydrogens is 861 g/mol. The van der Waals surface area contributed by atoms with Crippen LogP contribution in [0.25, 0.3) is 17.4 Å². The van der Waals surface area contributed by atoms with Crippen molar-refractivity contribution in [1.29, 1.82) is 0 Å². The zero-order valence-electron chi connectivity index (χ0n) is 34.1. The van der Waals surface area contributed by atoms with E-state index in [1.165, 1.54) is 24.5 Å². The molecule has 2 aliphatic heterocycles. The topological polar surface area (TPSA) is 265 Å². The maximum absolute atomic E-state index is 12.2. The molecule has 1 aliphatic carbocycles. The summed E-state index contributed by atoms with van der Waals surface area (Å²) in [4.78, 5) is 12.0. The van der Waals surface area contributed by atoms with Crippen molar-refractivity contribution in [1.82, 2.24) is 4.58 Å². The van der Waals surface area contributed by atoms with E-state index in [9.17, 15) is 43.7 Å². The third kappa shape index (κ3) is 15.7. The van der Waals surface area contributed by atoms with Gasteiger partial charge in [0.25, 0.3) is 0 Å². The summed E-state index contributed by atoms with van der Waals surface area (Å²) in [6.45, 7) is 6.81. The minimum atomic E-state index is -4.86. The number of hydrogen-bond donors (Lipinski definition) is 1. The molecule has 61 heavy (non-hydrogen) atoms. The van der Waals surface area contributed by atoms with Crippen molar-refractivity contribution in [3.05, 3.63) is 83.1 Å². The number of carboxylic acids is 1. The number of hydrogen-bond acceptors (Lipinski definition) is 16. The molecule has 4 rings (SSSR count). The van der Waals surface area contributed by atoms with Gasteiger partial charge >= 0.3 is 5.97 Å². The lowest BCUT2D eigenvalue weighted by atomic mass is 9.77. The Morgan fingerprint density at radius 2 is 1.46 bits per heavy atom. The summed E-state index contributed by atoms with van der Waals surface area (Å²) in [6, 6.07) is 11.3. The van der Waals surface area contributed by atoms with E-state index < -0.39 is 58.1 Å². The van der Waals surface area contributed by atoms with Gasteiger partial charge in [-0.05, 0) is 74.2 Å². The molecule has 0 aromatic heterocycles. The highest BCUT2D eigenvalue weighted by Gasteiger charge is 2.43. The lowest BCUT2D eigenvalue weighted by Gasteiger charge is -2.30. The quantitative estimate of drug-likeness (QED) is 0.0654. The van der Waals surface area contributed by atoms with Crippen LogP contribution in [0.1, 0.15) is 50.7 Å². The maximum Gasteiger partial charge on any atom is 0.305 e. The predicted octanol–water partition coefficient (Wildman–Crippen LogP) is 2.56. The van der Waals surface area contributed by atoms with Gasteiger partial charge in [0, 0.05) is 52.9 Å². The number of aliphatic carboxylic acids is 1. The predicted molar refractivity (Wildman–Crippen MR) is 221 cm³/mol. The first-order valence-electron chi connectivity index (χ1n) is 19.6. The van der Waals surface area contributed by atoms with E-state index in [-0.39, 0.29) is 71.9 Å². The number of rotatable bonds is 27. The van der Waals surface area contributed by atoms with Gasteiger partial charge in [0.1, 0.15) is 29.0 Å². The molecule has 2 heterocycles. The number of benzene rings is 2. The van der Waals surface area contributed by atoms with Crippen molar-refractivity contribution >= 4 is 48.1 Å². The van der Waals surface area contributed by atoms with Crippen LogP contribution in [0.3, 0.4) is 0 Å². The van der Waals surface area contributed by atoms with Gasteiger partial charge in [0.05, 0.1) is 96.7 Å². The molecule has 1 aromatic carbocycles. The number of carbonyl (C=O) groups is 1. The largest absolute Gasteiger partial charge is 0.748 e. The Balaban J connectivity index is 1.56. The molecule has 1 atom stereocenters. The molecule has 0 fully saturated rings. The summed E-state index contributed by atoms with van der Waals surface area (Å²) >= 11 is 0. The van der Waals surface area contributed by atoms with Crippen molar-refractivity contribution in [2.75, 3.05) is 88.9 Å². The average molecular weight is 913 g/mol. The Kier molecular flexibility index (Phi) is 18.6. The summed E-state index contributed by atoms with van der Waals surface area (Å²) in [5, 5.41) is 9.40. The van der Waals surface area contributed by atoms with Crippen molar-refractivity contribution in [2.45, 2.75) is 49.8 Å². The van der Waals surface area contributed by atoms with E-state index >= 15 is 0 Å². The second-order valence-electron chi connectivity index (χ2n) is 14.2. The third-order valence-electron chi connectivity index (χ3n) is 9.92. The molecule has 0 bridgehead atoms. The zero-order valence-corrected chi connectivity index (χ0v) is 36.5. The Hall–Kier alpha value is -4.03. The fourth-order valence-corrected chi connectivity index (χ4v) is 8.45. The van der Waals surface area contributed by atoms with Gasteiger partial charge in [0.15, 0.2) is 0 Å². The van der Waals surface area contributed by atoms with Gasteiger partial charge < -0.3 is 47.0 Å². The molecule has 0 radical (unpaired) electrons. The highest BCUT2D eigenvalue weighted by Crippen LogP contribution is 2.51. The standard InChI is InChI=1S/C40H54N2O16S3/c1-3-41(16-6-28-60(48,49)50)32-9-11-34-31(13-19-58-37(34)29-32)7-4-8-38-40(2,15-5-27-59(45,46)47)35-30-33(61(51,52)53)10-12-36(35)42(38)17-20-55-22-24-57-26-25-56-23-21-54-18-14-39(43)44/h4,7-13,19,29-30H,3,5-6,14-18,20-28H2,1-2H3,(H3-,43,44,45,46,47,48,49,50,51,52,53)/p-2. The normalized spacial score (nSPS) is 17.1. The Morgan fingerprint density at radius 1 is 0.836 bits per heavy atom. The minimum Gasteiger partial charge on any atom is -0.748 e. The summed E-state index contributed by atoms with van der Waals surface area (Å²) in [6.07, 6.45) is 7.11. The van der Waals surface area contributed by atoms with E-state index in [2.05, 4.69) is 0 Å². The number of allylic oxidation sites excluding steroid dienone is 3. The van der Waals surface area contributed by atoms with Crippen LogP contribution < -0.4 is 14.8 Å². The average Bonchev–Trinajstić information content (AvgIpc) is 3.40. The number of nitrogens with zero attached hydrogens (tertiary/aromatic N) is 2. The summed E-state index contributed by atoms with van der Waals surface area (Å²) < 4.78 is 134. The van der Waals surface area contributed by atoms with E-state index in [0.29, 0.717) is 49.0 Å². The molecule has 0 spiro atoms. The van der Waals surface area contributed by atoms with Crippen LogP contribution in [0, 0.1) is 0 Å². The monoisotopic (exact) mass is 912 g/mol. The van der Waals surface area contributed by atoms with E-state index in [1.54, 1.807) is 19.1 Å². The first kappa shape index (κ1) is 49.6. The minimum absolute atomic E-state index is 0.0467. The molecule has 0 amide bonds.